The molecular weight excluding hydrogens is 206 g/mol. The zero-order chi connectivity index (χ0) is 11.3. The Hall–Kier alpha value is -0.530. The lowest BCUT2D eigenvalue weighted by molar-refractivity contribution is 0.392. The molecule has 0 bridgehead atoms. The molecule has 0 radical (unpaired) electrons. The van der Waals surface area contributed by atoms with E-state index in [2.05, 4.69) is 32.2 Å². The molecule has 1 N–H and O–H groups in total. The van der Waals surface area contributed by atoms with Crippen LogP contribution in [0.1, 0.15) is 26.3 Å². The first kappa shape index (κ1) is 12.5. The Labute approximate surface area is 97.8 Å². The molecule has 0 saturated carbocycles. The third kappa shape index (κ3) is 4.67. The highest BCUT2D eigenvalue weighted by atomic mass is 35.5. The maximum Gasteiger partial charge on any atom is 0.0409 e. The van der Waals surface area contributed by atoms with Gasteiger partial charge in [-0.1, -0.05) is 44.5 Å². The summed E-state index contributed by atoms with van der Waals surface area (Å²) in [7, 11) is 0. The van der Waals surface area contributed by atoms with Crippen LogP contribution in [0.5, 0.6) is 0 Å². The number of rotatable bonds is 5. The highest BCUT2D eigenvalue weighted by Gasteiger charge is 2.05. The van der Waals surface area contributed by atoms with Crippen molar-refractivity contribution < 1.29 is 0 Å². The molecule has 0 aromatic heterocycles. The van der Waals surface area contributed by atoms with Crippen molar-refractivity contribution in [2.24, 2.45) is 11.8 Å². The fraction of sp³-hybridized carbons (Fsp3) is 0.538. The molecule has 15 heavy (non-hydrogen) atoms. The average molecular weight is 226 g/mol. The maximum atomic E-state index is 5.91. The summed E-state index contributed by atoms with van der Waals surface area (Å²) in [5, 5.41) is 4.26. The van der Waals surface area contributed by atoms with Crippen LogP contribution in [0.25, 0.3) is 0 Å². The van der Waals surface area contributed by atoms with E-state index in [0.717, 1.165) is 24.0 Å². The molecule has 0 aliphatic heterocycles. The van der Waals surface area contributed by atoms with Gasteiger partial charge < -0.3 is 5.32 Å². The van der Waals surface area contributed by atoms with E-state index in [0.29, 0.717) is 5.92 Å². The Morgan fingerprint density at radius 3 is 2.60 bits per heavy atom. The van der Waals surface area contributed by atoms with E-state index in [4.69, 9.17) is 11.6 Å². The highest BCUT2D eigenvalue weighted by molar-refractivity contribution is 6.30. The first-order chi connectivity index (χ1) is 7.09. The van der Waals surface area contributed by atoms with E-state index < -0.39 is 0 Å². The maximum absolute atomic E-state index is 5.91. The molecule has 1 rings (SSSR count). The van der Waals surface area contributed by atoms with E-state index >= 15 is 0 Å². The lowest BCUT2D eigenvalue weighted by Gasteiger charge is -2.16. The molecule has 1 aromatic carbocycles. The molecular formula is C13H20ClN. The Bertz CT molecular complexity index is 296. The first-order valence-electron chi connectivity index (χ1n) is 5.54. The van der Waals surface area contributed by atoms with Crippen LogP contribution in [0, 0.1) is 11.8 Å². The van der Waals surface area contributed by atoms with Gasteiger partial charge in [-0.2, -0.15) is 0 Å². The summed E-state index contributed by atoms with van der Waals surface area (Å²) in [5.41, 5.74) is 1.25. The number of benzene rings is 1. The van der Waals surface area contributed by atoms with E-state index in [-0.39, 0.29) is 0 Å². The molecule has 0 spiro atoms. The van der Waals surface area contributed by atoms with Gasteiger partial charge in [-0.05, 0) is 36.1 Å². The molecule has 1 atom stereocenters. The molecule has 1 aromatic rings. The quantitative estimate of drug-likeness (QED) is 0.806. The van der Waals surface area contributed by atoms with Gasteiger partial charge >= 0.3 is 0 Å². The highest BCUT2D eigenvalue weighted by Crippen LogP contribution is 2.11. The van der Waals surface area contributed by atoms with Gasteiger partial charge in [0, 0.05) is 11.6 Å². The van der Waals surface area contributed by atoms with Gasteiger partial charge in [0.05, 0.1) is 0 Å². The Morgan fingerprint density at radius 2 is 2.00 bits per heavy atom. The molecule has 0 aliphatic rings. The average Bonchev–Trinajstić information content (AvgIpc) is 2.17. The standard InChI is InChI=1S/C13H20ClN/c1-10(2)11(3)8-15-9-12-5-4-6-13(14)7-12/h4-7,10-11,15H,8-9H2,1-3H3. The summed E-state index contributed by atoms with van der Waals surface area (Å²) >= 11 is 5.91. The molecule has 1 nitrogen and oxygen atoms in total. The smallest absolute Gasteiger partial charge is 0.0409 e. The zero-order valence-electron chi connectivity index (χ0n) is 9.76. The fourth-order valence-electron chi connectivity index (χ4n) is 1.33. The fourth-order valence-corrected chi connectivity index (χ4v) is 1.54. The van der Waals surface area contributed by atoms with Crippen molar-refractivity contribution in [2.75, 3.05) is 6.54 Å². The zero-order valence-corrected chi connectivity index (χ0v) is 10.5. The topological polar surface area (TPSA) is 12.0 Å². The minimum atomic E-state index is 0.712. The van der Waals surface area contributed by atoms with Gasteiger partial charge in [-0.3, -0.25) is 0 Å². The third-order valence-corrected chi connectivity index (χ3v) is 3.06. The molecule has 0 amide bonds. The van der Waals surface area contributed by atoms with Crippen molar-refractivity contribution in [1.82, 2.24) is 5.32 Å². The van der Waals surface area contributed by atoms with Crippen LogP contribution in [0.3, 0.4) is 0 Å². The second-order valence-electron chi connectivity index (χ2n) is 4.48. The van der Waals surface area contributed by atoms with Gasteiger partial charge in [0.25, 0.3) is 0 Å². The SMILES string of the molecule is CC(C)C(C)CNCc1cccc(Cl)c1. The lowest BCUT2D eigenvalue weighted by Crippen LogP contribution is -2.23. The third-order valence-electron chi connectivity index (χ3n) is 2.82. The van der Waals surface area contributed by atoms with Crippen LogP contribution < -0.4 is 5.32 Å². The van der Waals surface area contributed by atoms with Crippen LogP contribution in [0.15, 0.2) is 24.3 Å². The molecule has 84 valence electrons. The largest absolute Gasteiger partial charge is 0.312 e. The van der Waals surface area contributed by atoms with E-state index in [9.17, 15) is 0 Å². The molecule has 0 aliphatic carbocycles. The lowest BCUT2D eigenvalue weighted by atomic mass is 9.98. The van der Waals surface area contributed by atoms with Crippen LogP contribution in [0.2, 0.25) is 5.02 Å². The normalized spacial score (nSPS) is 13.1. The summed E-state index contributed by atoms with van der Waals surface area (Å²) < 4.78 is 0. The molecule has 0 heterocycles. The van der Waals surface area contributed by atoms with Gasteiger partial charge in [-0.15, -0.1) is 0 Å². The van der Waals surface area contributed by atoms with Crippen LogP contribution in [0.4, 0.5) is 0 Å². The number of halogens is 1. The predicted molar refractivity (Wildman–Crippen MR) is 67.2 cm³/mol. The van der Waals surface area contributed by atoms with Crippen molar-refractivity contribution in [1.29, 1.82) is 0 Å². The second kappa shape index (κ2) is 6.14. The summed E-state index contributed by atoms with van der Waals surface area (Å²) in [5.74, 6) is 1.45. The first-order valence-corrected chi connectivity index (χ1v) is 5.92. The molecule has 0 fully saturated rings. The monoisotopic (exact) mass is 225 g/mol. The van der Waals surface area contributed by atoms with E-state index in [1.165, 1.54) is 5.56 Å². The summed E-state index contributed by atoms with van der Waals surface area (Å²) in [4.78, 5) is 0. The van der Waals surface area contributed by atoms with E-state index in [1.54, 1.807) is 0 Å². The van der Waals surface area contributed by atoms with Crippen molar-refractivity contribution in [3.8, 4) is 0 Å². The van der Waals surface area contributed by atoms with E-state index in [1.807, 2.05) is 18.2 Å². The minimum absolute atomic E-state index is 0.712. The summed E-state index contributed by atoms with van der Waals surface area (Å²) in [6, 6.07) is 8.00. The number of hydrogen-bond acceptors (Lipinski definition) is 1. The van der Waals surface area contributed by atoms with Crippen molar-refractivity contribution in [3.63, 3.8) is 0 Å². The van der Waals surface area contributed by atoms with Crippen molar-refractivity contribution in [2.45, 2.75) is 27.3 Å². The van der Waals surface area contributed by atoms with Crippen LogP contribution >= 0.6 is 11.6 Å². The summed E-state index contributed by atoms with van der Waals surface area (Å²) in [6.45, 7) is 8.74. The molecule has 1 unspecified atom stereocenters. The van der Waals surface area contributed by atoms with Gasteiger partial charge in [0.1, 0.15) is 0 Å². The Kier molecular flexibility index (Phi) is 5.13. The van der Waals surface area contributed by atoms with Crippen molar-refractivity contribution in [3.05, 3.63) is 34.9 Å². The Balaban J connectivity index is 2.32. The summed E-state index contributed by atoms with van der Waals surface area (Å²) in [6.07, 6.45) is 0. The van der Waals surface area contributed by atoms with Crippen LogP contribution in [-0.4, -0.2) is 6.54 Å². The van der Waals surface area contributed by atoms with Gasteiger partial charge in [0.2, 0.25) is 0 Å². The molecule has 2 heteroatoms. The number of nitrogens with one attached hydrogen (secondary N) is 1. The second-order valence-corrected chi connectivity index (χ2v) is 4.92. The van der Waals surface area contributed by atoms with Gasteiger partial charge in [-0.25, -0.2) is 0 Å². The van der Waals surface area contributed by atoms with Gasteiger partial charge in [0.15, 0.2) is 0 Å². The molecule has 0 saturated heterocycles. The minimum Gasteiger partial charge on any atom is -0.312 e. The van der Waals surface area contributed by atoms with Crippen molar-refractivity contribution >= 4 is 11.6 Å². The number of hydrogen-bond donors (Lipinski definition) is 1. The van der Waals surface area contributed by atoms with Crippen LogP contribution in [-0.2, 0) is 6.54 Å². The predicted octanol–water partition coefficient (Wildman–Crippen LogP) is 3.72. The Morgan fingerprint density at radius 1 is 1.27 bits per heavy atom.